The zero-order valence-electron chi connectivity index (χ0n) is 8.93. The van der Waals surface area contributed by atoms with E-state index < -0.39 is 5.56 Å². The molecular formula is C11H11NO4. The maximum Gasteiger partial charge on any atom is 0.287 e. The van der Waals surface area contributed by atoms with Crippen molar-refractivity contribution in [2.45, 2.75) is 0 Å². The number of rotatable bonds is 2. The third-order valence-electron chi connectivity index (χ3n) is 2.36. The first-order chi connectivity index (χ1) is 7.67. The van der Waals surface area contributed by atoms with E-state index in [4.69, 9.17) is 9.57 Å². The van der Waals surface area contributed by atoms with E-state index in [-0.39, 0.29) is 5.88 Å². The lowest BCUT2D eigenvalue weighted by atomic mass is 10.1. The number of nitrogens with zero attached hydrogens (tertiary/aromatic N) is 1. The second-order valence-corrected chi connectivity index (χ2v) is 3.24. The lowest BCUT2D eigenvalue weighted by Crippen LogP contribution is -2.23. The van der Waals surface area contributed by atoms with Crippen LogP contribution in [0.1, 0.15) is 0 Å². The highest BCUT2D eigenvalue weighted by Crippen LogP contribution is 2.26. The number of benzene rings is 1. The molecule has 0 aliphatic heterocycles. The fourth-order valence-corrected chi connectivity index (χ4v) is 1.56. The summed E-state index contributed by atoms with van der Waals surface area (Å²) in [5.74, 6) is 0.369. The molecule has 16 heavy (non-hydrogen) atoms. The van der Waals surface area contributed by atoms with Crippen LogP contribution in [-0.2, 0) is 0 Å². The molecule has 0 unspecified atom stereocenters. The van der Waals surface area contributed by atoms with Crippen LogP contribution in [0.3, 0.4) is 0 Å². The topological polar surface area (TPSA) is 60.7 Å². The Morgan fingerprint density at radius 1 is 1.25 bits per heavy atom. The van der Waals surface area contributed by atoms with Gasteiger partial charge in [0.25, 0.3) is 5.56 Å². The van der Waals surface area contributed by atoms with E-state index in [0.717, 1.165) is 4.73 Å². The van der Waals surface area contributed by atoms with Gasteiger partial charge in [-0.1, -0.05) is 6.07 Å². The van der Waals surface area contributed by atoms with Crippen LogP contribution in [0.25, 0.3) is 10.8 Å². The fraction of sp³-hybridized carbons (Fsp3) is 0.182. The van der Waals surface area contributed by atoms with E-state index in [0.29, 0.717) is 16.5 Å². The third-order valence-corrected chi connectivity index (χ3v) is 2.36. The van der Waals surface area contributed by atoms with Crippen LogP contribution >= 0.6 is 0 Å². The minimum Gasteiger partial charge on any atom is -0.497 e. The number of fused-ring (bicyclic) bond motifs is 1. The highest BCUT2D eigenvalue weighted by molar-refractivity contribution is 5.87. The van der Waals surface area contributed by atoms with E-state index in [1.165, 1.54) is 20.3 Å². The number of hydrogen-bond donors (Lipinski definition) is 1. The molecular weight excluding hydrogens is 210 g/mol. The Bertz CT molecular complexity index is 588. The summed E-state index contributed by atoms with van der Waals surface area (Å²) in [6, 6.07) is 6.45. The van der Waals surface area contributed by atoms with E-state index >= 15 is 0 Å². The van der Waals surface area contributed by atoms with Crippen LogP contribution in [0, 0.1) is 0 Å². The van der Waals surface area contributed by atoms with Gasteiger partial charge in [0.05, 0.1) is 7.11 Å². The molecule has 2 rings (SSSR count). The zero-order chi connectivity index (χ0) is 11.7. The number of hydrogen-bond acceptors (Lipinski definition) is 4. The SMILES string of the molecule is COc1ccc2cc(=O)n(OC)c(O)c2c1. The smallest absolute Gasteiger partial charge is 0.287 e. The van der Waals surface area contributed by atoms with Crippen molar-refractivity contribution in [1.82, 2.24) is 4.73 Å². The molecule has 1 aromatic carbocycles. The lowest BCUT2D eigenvalue weighted by molar-refractivity contribution is 0.133. The molecule has 5 heteroatoms. The first-order valence-corrected chi connectivity index (χ1v) is 4.64. The van der Waals surface area contributed by atoms with E-state index in [1.807, 2.05) is 0 Å². The Hall–Kier alpha value is -2.17. The Kier molecular flexibility index (Phi) is 2.44. The predicted molar refractivity (Wildman–Crippen MR) is 58.9 cm³/mol. The summed E-state index contributed by atoms with van der Waals surface area (Å²) in [7, 11) is 2.84. The Balaban J connectivity index is 2.84. The molecule has 0 amide bonds. The molecule has 0 spiro atoms. The van der Waals surface area contributed by atoms with Crippen LogP contribution in [0.4, 0.5) is 0 Å². The van der Waals surface area contributed by atoms with Crippen LogP contribution in [0.15, 0.2) is 29.1 Å². The highest BCUT2D eigenvalue weighted by Gasteiger charge is 2.09. The summed E-state index contributed by atoms with van der Waals surface area (Å²) < 4.78 is 5.86. The second-order valence-electron chi connectivity index (χ2n) is 3.24. The largest absolute Gasteiger partial charge is 0.497 e. The molecule has 0 radical (unpaired) electrons. The molecule has 0 saturated heterocycles. The van der Waals surface area contributed by atoms with Crippen LogP contribution in [0.5, 0.6) is 11.6 Å². The van der Waals surface area contributed by atoms with Gasteiger partial charge in [-0.2, -0.15) is 0 Å². The van der Waals surface area contributed by atoms with Gasteiger partial charge in [0, 0.05) is 11.5 Å². The summed E-state index contributed by atoms with van der Waals surface area (Å²) in [5.41, 5.74) is -0.419. The monoisotopic (exact) mass is 221 g/mol. The molecule has 0 bridgehead atoms. The average Bonchev–Trinajstić information content (AvgIpc) is 2.29. The van der Waals surface area contributed by atoms with Gasteiger partial charge in [0.2, 0.25) is 5.88 Å². The predicted octanol–water partition coefficient (Wildman–Crippen LogP) is 0.774. The molecule has 0 aliphatic carbocycles. The molecule has 0 aliphatic rings. The maximum atomic E-state index is 11.5. The number of methoxy groups -OCH3 is 1. The van der Waals surface area contributed by atoms with Crippen molar-refractivity contribution in [2.75, 3.05) is 14.2 Å². The van der Waals surface area contributed by atoms with E-state index in [1.54, 1.807) is 18.2 Å². The third kappa shape index (κ3) is 1.46. The molecule has 1 heterocycles. The van der Waals surface area contributed by atoms with Gasteiger partial charge in [-0.05, 0) is 17.5 Å². The van der Waals surface area contributed by atoms with E-state index in [9.17, 15) is 9.90 Å². The van der Waals surface area contributed by atoms with Crippen molar-refractivity contribution in [1.29, 1.82) is 0 Å². The van der Waals surface area contributed by atoms with Gasteiger partial charge >= 0.3 is 0 Å². The standard InChI is InChI=1S/C11H11NO4/c1-15-8-4-3-7-5-10(13)12(16-2)11(14)9(7)6-8/h3-6,14H,1-2H3. The number of aromatic hydroxyl groups is 1. The van der Waals surface area contributed by atoms with Crippen LogP contribution < -0.4 is 15.1 Å². The molecule has 0 saturated carbocycles. The van der Waals surface area contributed by atoms with Crippen LogP contribution in [-0.4, -0.2) is 24.1 Å². The molecule has 0 fully saturated rings. The summed E-state index contributed by atoms with van der Waals surface area (Å²) in [4.78, 5) is 16.3. The summed E-state index contributed by atoms with van der Waals surface area (Å²) >= 11 is 0. The first-order valence-electron chi connectivity index (χ1n) is 4.64. The van der Waals surface area contributed by atoms with Gasteiger partial charge in [-0.25, -0.2) is 0 Å². The Labute approximate surface area is 91.4 Å². The minimum absolute atomic E-state index is 0.232. The summed E-state index contributed by atoms with van der Waals surface area (Å²) in [5, 5.41) is 11.0. The van der Waals surface area contributed by atoms with Gasteiger partial charge in [0.15, 0.2) is 0 Å². The summed E-state index contributed by atoms with van der Waals surface area (Å²) in [6.45, 7) is 0. The Morgan fingerprint density at radius 2 is 2.00 bits per heavy atom. The van der Waals surface area contributed by atoms with Gasteiger partial charge in [-0.3, -0.25) is 4.79 Å². The molecule has 84 valence electrons. The van der Waals surface area contributed by atoms with Crippen molar-refractivity contribution in [3.05, 3.63) is 34.6 Å². The average molecular weight is 221 g/mol. The molecule has 0 atom stereocenters. The van der Waals surface area contributed by atoms with Crippen LogP contribution in [0.2, 0.25) is 0 Å². The van der Waals surface area contributed by atoms with E-state index in [2.05, 4.69) is 0 Å². The van der Waals surface area contributed by atoms with Crippen molar-refractivity contribution in [3.63, 3.8) is 0 Å². The number of aromatic nitrogens is 1. The van der Waals surface area contributed by atoms with Crippen molar-refractivity contribution < 1.29 is 14.7 Å². The second kappa shape index (κ2) is 3.77. The fourth-order valence-electron chi connectivity index (χ4n) is 1.56. The van der Waals surface area contributed by atoms with Crippen molar-refractivity contribution in [3.8, 4) is 11.6 Å². The number of pyridine rings is 1. The first kappa shape index (κ1) is 10.4. The van der Waals surface area contributed by atoms with Gasteiger partial charge in [0.1, 0.15) is 12.9 Å². The summed E-state index contributed by atoms with van der Waals surface area (Å²) in [6.07, 6.45) is 0. The van der Waals surface area contributed by atoms with Crippen molar-refractivity contribution in [2.24, 2.45) is 0 Å². The quantitative estimate of drug-likeness (QED) is 0.813. The number of ether oxygens (including phenoxy) is 1. The molecule has 1 aromatic heterocycles. The van der Waals surface area contributed by atoms with Gasteiger partial charge < -0.3 is 14.7 Å². The normalized spacial score (nSPS) is 10.4. The minimum atomic E-state index is -0.419. The lowest BCUT2D eigenvalue weighted by Gasteiger charge is -2.09. The maximum absolute atomic E-state index is 11.5. The van der Waals surface area contributed by atoms with Crippen molar-refractivity contribution >= 4 is 10.8 Å². The highest BCUT2D eigenvalue weighted by atomic mass is 16.7. The molecule has 5 nitrogen and oxygen atoms in total. The molecule has 2 aromatic rings. The molecule has 1 N–H and O–H groups in total. The van der Waals surface area contributed by atoms with Gasteiger partial charge in [-0.15, -0.1) is 4.73 Å². The zero-order valence-corrected chi connectivity index (χ0v) is 8.93. The Morgan fingerprint density at radius 3 is 2.62 bits per heavy atom.